The highest BCUT2D eigenvalue weighted by molar-refractivity contribution is 6.42. The smallest absolute Gasteiger partial charge is 0.220 e. The molecule has 0 aliphatic rings. The van der Waals surface area contributed by atoms with E-state index in [0.29, 0.717) is 22.2 Å². The van der Waals surface area contributed by atoms with Crippen LogP contribution in [0.5, 0.6) is 5.75 Å². The Morgan fingerprint density at radius 2 is 2.10 bits per heavy atom. The van der Waals surface area contributed by atoms with E-state index in [1.54, 1.807) is 18.2 Å². The van der Waals surface area contributed by atoms with Crippen LogP contribution in [0.25, 0.3) is 0 Å². The molecule has 0 aliphatic heterocycles. The normalized spacial score (nSPS) is 12.3. The number of amides is 1. The van der Waals surface area contributed by atoms with Crippen LogP contribution >= 0.6 is 23.2 Å². The van der Waals surface area contributed by atoms with Crippen molar-refractivity contribution in [2.24, 2.45) is 5.92 Å². The van der Waals surface area contributed by atoms with E-state index >= 15 is 0 Å². The van der Waals surface area contributed by atoms with Crippen molar-refractivity contribution in [2.75, 3.05) is 13.2 Å². The zero-order chi connectivity index (χ0) is 15.1. The lowest BCUT2D eigenvalue weighted by Crippen LogP contribution is -2.35. The number of aliphatic hydroxyl groups excluding tert-OH is 1. The second-order valence-electron chi connectivity index (χ2n) is 4.92. The summed E-state index contributed by atoms with van der Waals surface area (Å²) in [6.45, 7) is 4.09. The summed E-state index contributed by atoms with van der Waals surface area (Å²) in [5, 5.41) is 13.1. The zero-order valence-corrected chi connectivity index (χ0v) is 13.0. The van der Waals surface area contributed by atoms with Gasteiger partial charge in [0.2, 0.25) is 5.91 Å². The Morgan fingerprint density at radius 1 is 1.40 bits per heavy atom. The Balaban J connectivity index is 2.34. The van der Waals surface area contributed by atoms with E-state index in [0.717, 1.165) is 0 Å². The van der Waals surface area contributed by atoms with Gasteiger partial charge in [-0.25, -0.2) is 0 Å². The molecule has 0 aromatic heterocycles. The molecule has 0 heterocycles. The van der Waals surface area contributed by atoms with Crippen LogP contribution in [0.3, 0.4) is 0 Å². The lowest BCUT2D eigenvalue weighted by molar-refractivity contribution is -0.122. The van der Waals surface area contributed by atoms with Gasteiger partial charge >= 0.3 is 0 Å². The molecule has 1 aromatic rings. The molecule has 0 aliphatic carbocycles. The Kier molecular flexibility index (Phi) is 7.13. The minimum atomic E-state index is -0.804. The van der Waals surface area contributed by atoms with E-state index in [1.165, 1.54) is 0 Å². The van der Waals surface area contributed by atoms with Gasteiger partial charge in [0, 0.05) is 13.0 Å². The van der Waals surface area contributed by atoms with Crippen LogP contribution in [0.15, 0.2) is 18.2 Å². The van der Waals surface area contributed by atoms with Crippen molar-refractivity contribution in [1.82, 2.24) is 5.32 Å². The molecule has 0 spiro atoms. The van der Waals surface area contributed by atoms with E-state index in [9.17, 15) is 9.90 Å². The highest BCUT2D eigenvalue weighted by atomic mass is 35.5. The summed E-state index contributed by atoms with van der Waals surface area (Å²) in [5.74, 6) is 0.611. The van der Waals surface area contributed by atoms with Gasteiger partial charge in [-0.05, 0) is 18.1 Å². The van der Waals surface area contributed by atoms with Crippen LogP contribution < -0.4 is 10.1 Å². The Hall–Kier alpha value is -0.970. The average Bonchev–Trinajstić information content (AvgIpc) is 2.37. The molecule has 4 nitrogen and oxygen atoms in total. The summed E-state index contributed by atoms with van der Waals surface area (Å²) in [6.07, 6.45) is -0.366. The van der Waals surface area contributed by atoms with Crippen LogP contribution in [0.2, 0.25) is 10.0 Å². The minimum Gasteiger partial charge on any atom is -0.489 e. The molecule has 20 heavy (non-hydrogen) atoms. The van der Waals surface area contributed by atoms with Gasteiger partial charge in [0.15, 0.2) is 0 Å². The summed E-state index contributed by atoms with van der Waals surface area (Å²) < 4.78 is 5.38. The fraction of sp³-hybridized carbons (Fsp3) is 0.500. The van der Waals surface area contributed by atoms with Gasteiger partial charge in [0.1, 0.15) is 23.5 Å². The van der Waals surface area contributed by atoms with Gasteiger partial charge < -0.3 is 15.2 Å². The molecule has 0 unspecified atom stereocenters. The van der Waals surface area contributed by atoms with E-state index in [4.69, 9.17) is 27.9 Å². The number of ether oxygens (including phenoxy) is 1. The highest BCUT2D eigenvalue weighted by Gasteiger charge is 2.11. The number of rotatable bonds is 7. The molecular formula is C14H19Cl2NO3. The number of carbonyl (C=O) groups excluding carboxylic acids is 1. The van der Waals surface area contributed by atoms with Gasteiger partial charge in [-0.1, -0.05) is 43.1 Å². The van der Waals surface area contributed by atoms with Gasteiger partial charge in [-0.3, -0.25) is 4.79 Å². The number of halogens is 2. The predicted molar refractivity (Wildman–Crippen MR) is 80.4 cm³/mol. The number of hydrogen-bond donors (Lipinski definition) is 2. The van der Waals surface area contributed by atoms with E-state index in [2.05, 4.69) is 5.32 Å². The molecule has 1 atom stereocenters. The molecule has 1 aromatic carbocycles. The number of carbonyl (C=O) groups is 1. The van der Waals surface area contributed by atoms with Crippen LogP contribution in [-0.2, 0) is 4.79 Å². The number of nitrogens with one attached hydrogen (secondary N) is 1. The van der Waals surface area contributed by atoms with Crippen molar-refractivity contribution >= 4 is 29.1 Å². The second kappa shape index (κ2) is 8.35. The van der Waals surface area contributed by atoms with Crippen LogP contribution in [0, 0.1) is 5.92 Å². The first-order chi connectivity index (χ1) is 9.40. The predicted octanol–water partition coefficient (Wildman–Crippen LogP) is 2.90. The van der Waals surface area contributed by atoms with Gasteiger partial charge in [0.25, 0.3) is 0 Å². The number of hydrogen-bond acceptors (Lipinski definition) is 3. The maximum atomic E-state index is 11.4. The van der Waals surface area contributed by atoms with E-state index in [-0.39, 0.29) is 25.0 Å². The van der Waals surface area contributed by atoms with Crippen molar-refractivity contribution in [3.05, 3.63) is 28.2 Å². The molecule has 0 radical (unpaired) electrons. The Labute approximate surface area is 129 Å². The maximum Gasteiger partial charge on any atom is 0.220 e. The summed E-state index contributed by atoms with van der Waals surface area (Å²) in [5.41, 5.74) is 0. The average molecular weight is 320 g/mol. The Bertz CT molecular complexity index is 452. The third-order valence-corrected chi connectivity index (χ3v) is 3.28. The SMILES string of the molecule is CC(C)CC(=O)NC[C@H](O)COc1cccc(Cl)c1Cl. The topological polar surface area (TPSA) is 58.6 Å². The number of benzene rings is 1. The molecule has 0 fully saturated rings. The molecule has 0 saturated carbocycles. The minimum absolute atomic E-state index is 0.0298. The van der Waals surface area contributed by atoms with Crippen molar-refractivity contribution in [1.29, 1.82) is 0 Å². The third-order valence-electron chi connectivity index (χ3n) is 2.48. The summed E-state index contributed by atoms with van der Waals surface area (Å²) in [6, 6.07) is 5.03. The van der Waals surface area contributed by atoms with Crippen LogP contribution in [0.4, 0.5) is 0 Å². The third kappa shape index (κ3) is 5.99. The zero-order valence-electron chi connectivity index (χ0n) is 11.5. The first-order valence-electron chi connectivity index (χ1n) is 6.41. The standard InChI is InChI=1S/C14H19Cl2NO3/c1-9(2)6-13(19)17-7-10(18)8-20-12-5-3-4-11(15)14(12)16/h3-5,9-10,18H,6-8H2,1-2H3,(H,17,19)/t10-/m0/s1. The fourth-order valence-corrected chi connectivity index (χ4v) is 1.86. The molecule has 0 saturated heterocycles. The number of aliphatic hydroxyl groups is 1. The lowest BCUT2D eigenvalue weighted by atomic mass is 10.1. The molecule has 2 N–H and O–H groups in total. The molecule has 6 heteroatoms. The van der Waals surface area contributed by atoms with Gasteiger partial charge in [0.05, 0.1) is 5.02 Å². The summed E-state index contributed by atoms with van der Waals surface area (Å²) in [4.78, 5) is 11.4. The van der Waals surface area contributed by atoms with Crippen molar-refractivity contribution in [3.63, 3.8) is 0 Å². The van der Waals surface area contributed by atoms with Crippen molar-refractivity contribution in [3.8, 4) is 5.75 Å². The van der Waals surface area contributed by atoms with Crippen LogP contribution in [0.1, 0.15) is 20.3 Å². The highest BCUT2D eigenvalue weighted by Crippen LogP contribution is 2.31. The molecular weight excluding hydrogens is 301 g/mol. The molecule has 1 rings (SSSR count). The fourth-order valence-electron chi connectivity index (χ4n) is 1.51. The quantitative estimate of drug-likeness (QED) is 0.812. The first kappa shape index (κ1) is 17.1. The summed E-state index contributed by atoms with van der Waals surface area (Å²) >= 11 is 11.8. The molecule has 112 valence electrons. The van der Waals surface area contributed by atoms with Gasteiger partial charge in [-0.2, -0.15) is 0 Å². The monoisotopic (exact) mass is 319 g/mol. The molecule has 0 bridgehead atoms. The van der Waals surface area contributed by atoms with Crippen LogP contribution in [-0.4, -0.2) is 30.3 Å². The first-order valence-corrected chi connectivity index (χ1v) is 7.17. The lowest BCUT2D eigenvalue weighted by Gasteiger charge is -2.14. The largest absolute Gasteiger partial charge is 0.489 e. The molecule has 1 amide bonds. The van der Waals surface area contributed by atoms with Crippen molar-refractivity contribution in [2.45, 2.75) is 26.4 Å². The summed E-state index contributed by atoms with van der Waals surface area (Å²) in [7, 11) is 0. The maximum absolute atomic E-state index is 11.4. The van der Waals surface area contributed by atoms with E-state index in [1.807, 2.05) is 13.8 Å². The second-order valence-corrected chi connectivity index (χ2v) is 5.70. The van der Waals surface area contributed by atoms with Crippen molar-refractivity contribution < 1.29 is 14.6 Å². The van der Waals surface area contributed by atoms with E-state index < -0.39 is 6.10 Å². The Morgan fingerprint density at radius 3 is 2.75 bits per heavy atom. The van der Waals surface area contributed by atoms with Gasteiger partial charge in [-0.15, -0.1) is 0 Å².